The SMILES string of the molecule is OC1(Cn2ccnn2)CCN(c2cncc(-c3ccccc3)n2)C1. The van der Waals surface area contributed by atoms with E-state index in [4.69, 9.17) is 4.98 Å². The van der Waals surface area contributed by atoms with Gasteiger partial charge in [0.1, 0.15) is 11.4 Å². The summed E-state index contributed by atoms with van der Waals surface area (Å²) in [5.74, 6) is 0.783. The van der Waals surface area contributed by atoms with Gasteiger partial charge in [-0.25, -0.2) is 9.67 Å². The quantitative estimate of drug-likeness (QED) is 0.781. The van der Waals surface area contributed by atoms with E-state index in [1.54, 1.807) is 29.5 Å². The van der Waals surface area contributed by atoms with Crippen molar-refractivity contribution in [3.05, 3.63) is 55.1 Å². The van der Waals surface area contributed by atoms with E-state index in [1.165, 1.54) is 0 Å². The lowest BCUT2D eigenvalue weighted by molar-refractivity contribution is 0.0408. The summed E-state index contributed by atoms with van der Waals surface area (Å²) < 4.78 is 1.66. The second kappa shape index (κ2) is 6.01. The van der Waals surface area contributed by atoms with E-state index >= 15 is 0 Å². The van der Waals surface area contributed by atoms with Crippen molar-refractivity contribution in [1.82, 2.24) is 25.0 Å². The molecule has 7 heteroatoms. The Morgan fingerprint density at radius 2 is 2.04 bits per heavy atom. The van der Waals surface area contributed by atoms with Gasteiger partial charge in [0, 0.05) is 18.3 Å². The molecular weight excluding hydrogens is 304 g/mol. The third-order valence-electron chi connectivity index (χ3n) is 4.28. The van der Waals surface area contributed by atoms with E-state index in [-0.39, 0.29) is 0 Å². The van der Waals surface area contributed by atoms with E-state index in [2.05, 4.69) is 20.2 Å². The molecule has 1 aromatic carbocycles. The van der Waals surface area contributed by atoms with Crippen LogP contribution in [0.4, 0.5) is 5.82 Å². The Morgan fingerprint density at radius 1 is 1.17 bits per heavy atom. The molecule has 0 amide bonds. The minimum atomic E-state index is -0.835. The van der Waals surface area contributed by atoms with Crippen LogP contribution < -0.4 is 4.90 Å². The molecule has 3 aromatic rings. The van der Waals surface area contributed by atoms with Crippen LogP contribution >= 0.6 is 0 Å². The normalized spacial score (nSPS) is 20.5. The van der Waals surface area contributed by atoms with Gasteiger partial charge in [0.25, 0.3) is 0 Å². The molecular formula is C17H18N6O. The van der Waals surface area contributed by atoms with Crippen molar-refractivity contribution in [2.75, 3.05) is 18.0 Å². The van der Waals surface area contributed by atoms with Gasteiger partial charge in [-0.05, 0) is 6.42 Å². The number of anilines is 1. The van der Waals surface area contributed by atoms with Crippen LogP contribution in [0.25, 0.3) is 11.3 Å². The van der Waals surface area contributed by atoms with Gasteiger partial charge in [0.05, 0.1) is 37.4 Å². The summed E-state index contributed by atoms with van der Waals surface area (Å²) in [7, 11) is 0. The lowest BCUT2D eigenvalue weighted by Gasteiger charge is -2.23. The number of benzene rings is 1. The lowest BCUT2D eigenvalue weighted by atomic mass is 10.0. The Hall–Kier alpha value is -2.80. The van der Waals surface area contributed by atoms with Gasteiger partial charge < -0.3 is 10.0 Å². The molecule has 0 saturated carbocycles. The molecule has 0 bridgehead atoms. The first kappa shape index (κ1) is 14.8. The van der Waals surface area contributed by atoms with Gasteiger partial charge in [0.15, 0.2) is 0 Å². The minimum absolute atomic E-state index is 0.426. The van der Waals surface area contributed by atoms with E-state index in [0.29, 0.717) is 19.5 Å². The standard InChI is InChI=1S/C17H18N6O/c24-17(13-23-9-7-19-21-23)6-8-22(12-17)16-11-18-10-15(20-16)14-4-2-1-3-5-14/h1-5,7,9-11,24H,6,8,12-13H2. The molecule has 1 N–H and O–H groups in total. The summed E-state index contributed by atoms with van der Waals surface area (Å²) in [6, 6.07) is 9.97. The first-order valence-electron chi connectivity index (χ1n) is 7.91. The number of hydrogen-bond donors (Lipinski definition) is 1. The van der Waals surface area contributed by atoms with Gasteiger partial charge in [0.2, 0.25) is 0 Å². The highest BCUT2D eigenvalue weighted by molar-refractivity contribution is 5.60. The van der Waals surface area contributed by atoms with Crippen molar-refractivity contribution in [2.45, 2.75) is 18.6 Å². The fourth-order valence-corrected chi connectivity index (χ4v) is 3.06. The Balaban J connectivity index is 1.53. The molecule has 3 heterocycles. The molecule has 1 aliphatic rings. The summed E-state index contributed by atoms with van der Waals surface area (Å²) in [6.07, 6.45) is 7.54. The average Bonchev–Trinajstić information content (AvgIpc) is 3.26. The highest BCUT2D eigenvalue weighted by Gasteiger charge is 2.37. The van der Waals surface area contributed by atoms with Crippen molar-refractivity contribution in [2.24, 2.45) is 0 Å². The molecule has 24 heavy (non-hydrogen) atoms. The predicted molar refractivity (Wildman–Crippen MR) is 89.3 cm³/mol. The molecule has 122 valence electrons. The molecule has 1 unspecified atom stereocenters. The molecule has 1 aliphatic heterocycles. The van der Waals surface area contributed by atoms with E-state index in [9.17, 15) is 5.11 Å². The third kappa shape index (κ3) is 2.98. The molecule has 1 fully saturated rings. The van der Waals surface area contributed by atoms with Gasteiger partial charge in [-0.1, -0.05) is 35.5 Å². The Labute approximate surface area is 139 Å². The molecule has 1 saturated heterocycles. The minimum Gasteiger partial charge on any atom is -0.386 e. The van der Waals surface area contributed by atoms with Crippen LogP contribution in [0.1, 0.15) is 6.42 Å². The van der Waals surface area contributed by atoms with Crippen LogP contribution in [0, 0.1) is 0 Å². The summed E-state index contributed by atoms with van der Waals surface area (Å²) in [6.45, 7) is 1.66. The van der Waals surface area contributed by atoms with Crippen LogP contribution in [0.5, 0.6) is 0 Å². The second-order valence-electron chi connectivity index (χ2n) is 6.13. The topological polar surface area (TPSA) is 80.0 Å². The highest BCUT2D eigenvalue weighted by atomic mass is 16.3. The number of nitrogens with zero attached hydrogens (tertiary/aromatic N) is 6. The zero-order valence-electron chi connectivity index (χ0n) is 13.2. The third-order valence-corrected chi connectivity index (χ3v) is 4.28. The average molecular weight is 322 g/mol. The molecule has 1 atom stereocenters. The zero-order valence-corrected chi connectivity index (χ0v) is 13.2. The van der Waals surface area contributed by atoms with Crippen LogP contribution in [0.15, 0.2) is 55.1 Å². The maximum atomic E-state index is 10.8. The molecule has 4 rings (SSSR count). The van der Waals surface area contributed by atoms with Gasteiger partial charge in [-0.3, -0.25) is 4.98 Å². The predicted octanol–water partition coefficient (Wildman–Crippen LogP) is 1.38. The smallest absolute Gasteiger partial charge is 0.147 e. The number of β-amino-alcohol motifs (C(OH)–C–C–N with tert-alkyl or cyclic N) is 1. The van der Waals surface area contributed by atoms with E-state index in [1.807, 2.05) is 30.3 Å². The Bertz CT molecular complexity index is 807. The summed E-state index contributed by atoms with van der Waals surface area (Å²) >= 11 is 0. The number of aliphatic hydroxyl groups is 1. The van der Waals surface area contributed by atoms with E-state index < -0.39 is 5.60 Å². The fraction of sp³-hybridized carbons (Fsp3) is 0.294. The zero-order chi connectivity index (χ0) is 16.4. The van der Waals surface area contributed by atoms with Crippen molar-refractivity contribution in [1.29, 1.82) is 0 Å². The van der Waals surface area contributed by atoms with Crippen LogP contribution in [0.3, 0.4) is 0 Å². The van der Waals surface area contributed by atoms with Crippen molar-refractivity contribution < 1.29 is 5.11 Å². The molecule has 0 spiro atoms. The van der Waals surface area contributed by atoms with Crippen molar-refractivity contribution in [3.63, 3.8) is 0 Å². The van der Waals surface area contributed by atoms with Crippen LogP contribution in [-0.2, 0) is 6.54 Å². The Kier molecular flexibility index (Phi) is 3.70. The maximum Gasteiger partial charge on any atom is 0.147 e. The highest BCUT2D eigenvalue weighted by Crippen LogP contribution is 2.27. The number of aromatic nitrogens is 5. The van der Waals surface area contributed by atoms with Gasteiger partial charge in [-0.15, -0.1) is 5.10 Å². The van der Waals surface area contributed by atoms with Gasteiger partial charge >= 0.3 is 0 Å². The summed E-state index contributed by atoms with van der Waals surface area (Å²) in [4.78, 5) is 11.1. The summed E-state index contributed by atoms with van der Waals surface area (Å²) in [5, 5.41) is 18.5. The summed E-state index contributed by atoms with van der Waals surface area (Å²) in [5.41, 5.74) is 1.03. The monoisotopic (exact) mass is 322 g/mol. The molecule has 0 aliphatic carbocycles. The van der Waals surface area contributed by atoms with Crippen LogP contribution in [-0.4, -0.2) is 48.8 Å². The molecule has 7 nitrogen and oxygen atoms in total. The molecule has 2 aromatic heterocycles. The maximum absolute atomic E-state index is 10.8. The molecule has 0 radical (unpaired) electrons. The van der Waals surface area contributed by atoms with Crippen molar-refractivity contribution in [3.8, 4) is 11.3 Å². The lowest BCUT2D eigenvalue weighted by Crippen LogP contribution is -2.38. The number of rotatable bonds is 4. The first-order chi connectivity index (χ1) is 11.7. The van der Waals surface area contributed by atoms with E-state index in [0.717, 1.165) is 23.6 Å². The number of hydrogen-bond acceptors (Lipinski definition) is 6. The second-order valence-corrected chi connectivity index (χ2v) is 6.13. The largest absolute Gasteiger partial charge is 0.386 e. The Morgan fingerprint density at radius 3 is 2.83 bits per heavy atom. The van der Waals surface area contributed by atoms with Crippen molar-refractivity contribution >= 4 is 5.82 Å². The van der Waals surface area contributed by atoms with Crippen LogP contribution in [0.2, 0.25) is 0 Å². The van der Waals surface area contributed by atoms with Gasteiger partial charge in [-0.2, -0.15) is 0 Å². The first-order valence-corrected chi connectivity index (χ1v) is 7.91. The fourth-order valence-electron chi connectivity index (χ4n) is 3.06.